The van der Waals surface area contributed by atoms with Gasteiger partial charge in [-0.1, -0.05) is 0 Å². The normalized spacial score (nSPS) is 12.4. The molecule has 0 aliphatic heterocycles. The lowest BCUT2D eigenvalue weighted by molar-refractivity contribution is -0.138. The van der Waals surface area contributed by atoms with Gasteiger partial charge in [0.1, 0.15) is 11.8 Å². The molecule has 0 aliphatic carbocycles. The highest BCUT2D eigenvalue weighted by atomic mass is 16.4. The molecule has 0 heterocycles. The second-order valence-corrected chi connectivity index (χ2v) is 3.53. The largest absolute Gasteiger partial charge is 0.507 e. The fraction of sp³-hybridized carbons (Fsp3) is 0.300. The van der Waals surface area contributed by atoms with E-state index in [1.165, 1.54) is 6.92 Å². The Morgan fingerprint density at radius 3 is 2.44 bits per heavy atom. The van der Waals surface area contributed by atoms with E-state index in [1.807, 2.05) is 0 Å². The summed E-state index contributed by atoms with van der Waals surface area (Å²) >= 11 is 0. The molecule has 6 N–H and O–H groups in total. The van der Waals surface area contributed by atoms with E-state index in [9.17, 15) is 20.1 Å². The number of carboxylic acid groups (broad SMARTS) is 1. The van der Waals surface area contributed by atoms with Crippen molar-refractivity contribution in [2.24, 2.45) is 5.73 Å². The Morgan fingerprint density at radius 1 is 1.38 bits per heavy atom. The van der Waals surface area contributed by atoms with Gasteiger partial charge in [-0.3, -0.25) is 4.79 Å². The topological polar surface area (TPSA) is 124 Å². The summed E-state index contributed by atoms with van der Waals surface area (Å²) in [5.74, 6) is -2.30. The zero-order valence-electron chi connectivity index (χ0n) is 8.64. The van der Waals surface area contributed by atoms with Crippen LogP contribution in [0.25, 0.3) is 0 Å². The molecule has 0 aromatic heterocycles. The number of aliphatic carboxylic acids is 1. The second-order valence-electron chi connectivity index (χ2n) is 3.53. The SMILES string of the molecule is Cc1c(O)c(O)cc(C[C@H](N)C(=O)O)c1O. The van der Waals surface area contributed by atoms with Crippen molar-refractivity contribution in [1.29, 1.82) is 0 Å². The van der Waals surface area contributed by atoms with E-state index < -0.39 is 23.5 Å². The van der Waals surface area contributed by atoms with Gasteiger partial charge in [-0.25, -0.2) is 0 Å². The molecule has 0 unspecified atom stereocenters. The summed E-state index contributed by atoms with van der Waals surface area (Å²) in [6.45, 7) is 1.40. The van der Waals surface area contributed by atoms with Crippen LogP contribution in [0, 0.1) is 6.92 Å². The summed E-state index contributed by atoms with van der Waals surface area (Å²) < 4.78 is 0. The number of aromatic hydroxyl groups is 3. The summed E-state index contributed by atoms with van der Waals surface area (Å²) in [4.78, 5) is 10.5. The van der Waals surface area contributed by atoms with Gasteiger partial charge in [0.2, 0.25) is 0 Å². The molecule has 0 spiro atoms. The van der Waals surface area contributed by atoms with Crippen molar-refractivity contribution >= 4 is 5.97 Å². The lowest BCUT2D eigenvalue weighted by Gasteiger charge is -2.12. The second kappa shape index (κ2) is 4.28. The van der Waals surface area contributed by atoms with Crippen LogP contribution in [0.2, 0.25) is 0 Å². The van der Waals surface area contributed by atoms with Crippen LogP contribution in [0.1, 0.15) is 11.1 Å². The Kier molecular flexibility index (Phi) is 3.24. The molecule has 6 heteroatoms. The molecule has 1 aromatic rings. The minimum atomic E-state index is -1.20. The van der Waals surface area contributed by atoms with Gasteiger partial charge < -0.3 is 26.2 Å². The third-order valence-corrected chi connectivity index (χ3v) is 2.33. The number of hydrogen-bond acceptors (Lipinski definition) is 5. The van der Waals surface area contributed by atoms with E-state index in [0.29, 0.717) is 0 Å². The van der Waals surface area contributed by atoms with Crippen LogP contribution < -0.4 is 5.73 Å². The summed E-state index contributed by atoms with van der Waals surface area (Å²) in [6.07, 6.45) is -0.129. The zero-order chi connectivity index (χ0) is 12.5. The summed E-state index contributed by atoms with van der Waals surface area (Å²) in [6, 6.07) is -0.0743. The maximum Gasteiger partial charge on any atom is 0.320 e. The van der Waals surface area contributed by atoms with Crippen molar-refractivity contribution in [3.05, 3.63) is 17.2 Å². The Labute approximate surface area is 91.6 Å². The minimum Gasteiger partial charge on any atom is -0.507 e. The third kappa shape index (κ3) is 2.17. The van der Waals surface area contributed by atoms with Crippen molar-refractivity contribution in [1.82, 2.24) is 0 Å². The monoisotopic (exact) mass is 227 g/mol. The number of benzene rings is 1. The van der Waals surface area contributed by atoms with Gasteiger partial charge in [0, 0.05) is 17.5 Å². The number of phenols is 3. The van der Waals surface area contributed by atoms with Crippen LogP contribution in [0.4, 0.5) is 0 Å². The van der Waals surface area contributed by atoms with Crippen molar-refractivity contribution in [2.75, 3.05) is 0 Å². The van der Waals surface area contributed by atoms with Gasteiger partial charge in [-0.2, -0.15) is 0 Å². The molecule has 1 atom stereocenters. The molecular weight excluding hydrogens is 214 g/mol. The lowest BCUT2D eigenvalue weighted by atomic mass is 10.0. The van der Waals surface area contributed by atoms with E-state index >= 15 is 0 Å². The number of carbonyl (C=O) groups is 1. The Balaban J connectivity index is 3.11. The van der Waals surface area contributed by atoms with E-state index in [4.69, 9.17) is 10.8 Å². The predicted molar refractivity (Wildman–Crippen MR) is 55.5 cm³/mol. The molecule has 0 aliphatic rings. The van der Waals surface area contributed by atoms with Crippen LogP contribution >= 0.6 is 0 Å². The summed E-state index contributed by atoms with van der Waals surface area (Å²) in [7, 11) is 0. The zero-order valence-corrected chi connectivity index (χ0v) is 8.64. The highest BCUT2D eigenvalue weighted by Gasteiger charge is 2.18. The highest BCUT2D eigenvalue weighted by molar-refractivity contribution is 5.74. The van der Waals surface area contributed by atoms with Crippen LogP contribution in [0.15, 0.2) is 6.07 Å². The van der Waals surface area contributed by atoms with Crippen LogP contribution in [0.3, 0.4) is 0 Å². The third-order valence-electron chi connectivity index (χ3n) is 2.33. The van der Waals surface area contributed by atoms with E-state index in [1.54, 1.807) is 0 Å². The smallest absolute Gasteiger partial charge is 0.320 e. The van der Waals surface area contributed by atoms with Gasteiger partial charge in [0.15, 0.2) is 11.5 Å². The van der Waals surface area contributed by atoms with Crippen molar-refractivity contribution in [3.8, 4) is 17.2 Å². The molecule has 0 amide bonds. The maximum absolute atomic E-state index is 10.5. The van der Waals surface area contributed by atoms with Crippen molar-refractivity contribution in [2.45, 2.75) is 19.4 Å². The number of phenolic OH excluding ortho intramolecular Hbond substituents is 3. The number of hydrogen-bond donors (Lipinski definition) is 5. The summed E-state index contributed by atoms with van der Waals surface area (Å²) in [5, 5.41) is 36.8. The Hall–Kier alpha value is -1.95. The minimum absolute atomic E-state index is 0.0904. The predicted octanol–water partition coefficient (Wildman–Crippen LogP) is 0.0662. The molecule has 0 bridgehead atoms. The molecule has 0 radical (unpaired) electrons. The standard InChI is InChI=1S/C10H13NO5/c1-4-8(13)5(2-6(11)10(15)16)3-7(12)9(4)14/h3,6,12-14H,2,11H2,1H3,(H,15,16)/t6-/m0/s1. The van der Waals surface area contributed by atoms with Gasteiger partial charge in [-0.05, 0) is 13.0 Å². The van der Waals surface area contributed by atoms with Gasteiger partial charge in [0.05, 0.1) is 0 Å². The van der Waals surface area contributed by atoms with Crippen LogP contribution in [-0.2, 0) is 11.2 Å². The number of nitrogens with two attached hydrogens (primary N) is 1. The van der Waals surface area contributed by atoms with Gasteiger partial charge in [-0.15, -0.1) is 0 Å². The first kappa shape index (κ1) is 12.1. The summed E-state index contributed by atoms with van der Waals surface area (Å²) in [5.41, 5.74) is 5.57. The quantitative estimate of drug-likeness (QED) is 0.367. The first-order chi connectivity index (χ1) is 7.34. The van der Waals surface area contributed by atoms with E-state index in [-0.39, 0.29) is 23.3 Å². The molecule has 1 aromatic carbocycles. The lowest BCUT2D eigenvalue weighted by Crippen LogP contribution is -2.32. The Morgan fingerprint density at radius 2 is 1.94 bits per heavy atom. The molecule has 0 saturated heterocycles. The van der Waals surface area contributed by atoms with E-state index in [2.05, 4.69) is 0 Å². The highest BCUT2D eigenvalue weighted by Crippen LogP contribution is 2.37. The molecular formula is C10H13NO5. The molecule has 16 heavy (non-hydrogen) atoms. The van der Waals surface area contributed by atoms with Gasteiger partial charge in [0.25, 0.3) is 0 Å². The average molecular weight is 227 g/mol. The fourth-order valence-electron chi connectivity index (χ4n) is 1.33. The number of rotatable bonds is 3. The Bertz CT molecular complexity index is 430. The average Bonchev–Trinajstić information content (AvgIpc) is 2.22. The first-order valence-electron chi connectivity index (χ1n) is 4.56. The maximum atomic E-state index is 10.5. The van der Waals surface area contributed by atoms with Gasteiger partial charge >= 0.3 is 5.97 Å². The molecule has 0 saturated carbocycles. The molecule has 0 fully saturated rings. The molecule has 88 valence electrons. The van der Waals surface area contributed by atoms with Crippen LogP contribution in [0.5, 0.6) is 17.2 Å². The first-order valence-corrected chi connectivity index (χ1v) is 4.56. The van der Waals surface area contributed by atoms with Crippen molar-refractivity contribution < 1.29 is 25.2 Å². The number of carboxylic acids is 1. The van der Waals surface area contributed by atoms with Crippen LogP contribution in [-0.4, -0.2) is 32.4 Å². The van der Waals surface area contributed by atoms with E-state index in [0.717, 1.165) is 6.07 Å². The van der Waals surface area contributed by atoms with Crippen molar-refractivity contribution in [3.63, 3.8) is 0 Å². The molecule has 1 rings (SSSR count). The fourth-order valence-corrected chi connectivity index (χ4v) is 1.33. The molecule has 6 nitrogen and oxygen atoms in total.